The lowest BCUT2D eigenvalue weighted by Crippen LogP contribution is -1.97. The maximum absolute atomic E-state index is 5.76. The third-order valence-corrected chi connectivity index (χ3v) is 1.58. The first kappa shape index (κ1) is 8.75. The molecule has 0 saturated carbocycles. The van der Waals surface area contributed by atoms with Gasteiger partial charge in [0, 0.05) is 5.69 Å². The Kier molecular flexibility index (Phi) is 2.68. The van der Waals surface area contributed by atoms with Crippen LogP contribution in [0.4, 0.5) is 0 Å². The van der Waals surface area contributed by atoms with Crippen LogP contribution in [0.5, 0.6) is 0 Å². The van der Waals surface area contributed by atoms with E-state index in [2.05, 4.69) is 9.97 Å². The standard InChI is InChI=1S/C7H8Cl2N2/c1-4-3-6(9)11-7(10-4)5(2)8/h3,5H,1-2H3/t5-/m1/s1. The zero-order chi connectivity index (χ0) is 8.43. The van der Waals surface area contributed by atoms with Gasteiger partial charge in [-0.1, -0.05) is 11.6 Å². The van der Waals surface area contributed by atoms with Gasteiger partial charge in [-0.25, -0.2) is 9.97 Å². The molecule has 0 aliphatic heterocycles. The molecule has 2 nitrogen and oxygen atoms in total. The molecule has 1 atom stereocenters. The summed E-state index contributed by atoms with van der Waals surface area (Å²) in [5, 5.41) is 0.257. The second-order valence-corrected chi connectivity index (χ2v) is 3.35. The summed E-state index contributed by atoms with van der Waals surface area (Å²) in [6, 6.07) is 1.70. The summed E-state index contributed by atoms with van der Waals surface area (Å²) in [5.74, 6) is 0.580. The highest BCUT2D eigenvalue weighted by atomic mass is 35.5. The molecule has 0 amide bonds. The second kappa shape index (κ2) is 3.37. The Morgan fingerprint density at radius 2 is 2.09 bits per heavy atom. The molecule has 0 radical (unpaired) electrons. The number of alkyl halides is 1. The van der Waals surface area contributed by atoms with Crippen molar-refractivity contribution in [3.63, 3.8) is 0 Å². The van der Waals surface area contributed by atoms with Crippen LogP contribution in [0.1, 0.15) is 23.8 Å². The first-order valence-electron chi connectivity index (χ1n) is 3.25. The van der Waals surface area contributed by atoms with Crippen LogP contribution in [0, 0.1) is 6.92 Å². The molecule has 60 valence electrons. The smallest absolute Gasteiger partial charge is 0.147 e. The highest BCUT2D eigenvalue weighted by molar-refractivity contribution is 6.29. The van der Waals surface area contributed by atoms with Crippen molar-refractivity contribution < 1.29 is 0 Å². The lowest BCUT2D eigenvalue weighted by molar-refractivity contribution is 0.892. The normalized spacial score (nSPS) is 13.1. The fourth-order valence-electron chi connectivity index (χ4n) is 0.730. The maximum atomic E-state index is 5.76. The van der Waals surface area contributed by atoms with Crippen molar-refractivity contribution in [3.05, 3.63) is 22.7 Å². The first-order chi connectivity index (χ1) is 5.09. The minimum absolute atomic E-state index is 0.188. The van der Waals surface area contributed by atoms with Crippen molar-refractivity contribution in [2.75, 3.05) is 0 Å². The predicted molar refractivity (Wildman–Crippen MR) is 46.0 cm³/mol. The van der Waals surface area contributed by atoms with Crippen LogP contribution in [-0.4, -0.2) is 9.97 Å². The average molecular weight is 191 g/mol. The van der Waals surface area contributed by atoms with Gasteiger partial charge in [-0.05, 0) is 19.9 Å². The monoisotopic (exact) mass is 190 g/mol. The highest BCUT2D eigenvalue weighted by Crippen LogP contribution is 2.17. The Bertz CT molecular complexity index is 240. The molecule has 1 rings (SSSR count). The summed E-state index contributed by atoms with van der Waals surface area (Å²) in [5.41, 5.74) is 0.840. The van der Waals surface area contributed by atoms with Gasteiger partial charge < -0.3 is 0 Å². The Morgan fingerprint density at radius 1 is 1.45 bits per heavy atom. The van der Waals surface area contributed by atoms with E-state index < -0.39 is 0 Å². The topological polar surface area (TPSA) is 25.8 Å². The molecule has 0 unspecified atom stereocenters. The molecule has 0 aromatic carbocycles. The number of nitrogens with zero attached hydrogens (tertiary/aromatic N) is 2. The molecule has 1 aromatic heterocycles. The molecule has 0 aliphatic rings. The zero-order valence-corrected chi connectivity index (χ0v) is 7.82. The molecule has 0 fully saturated rings. The molecular weight excluding hydrogens is 183 g/mol. The van der Waals surface area contributed by atoms with Gasteiger partial charge in [0.25, 0.3) is 0 Å². The van der Waals surface area contributed by atoms with E-state index in [4.69, 9.17) is 23.2 Å². The van der Waals surface area contributed by atoms with E-state index in [1.54, 1.807) is 6.07 Å². The van der Waals surface area contributed by atoms with Crippen LogP contribution in [0.25, 0.3) is 0 Å². The molecule has 0 bridgehead atoms. The van der Waals surface area contributed by atoms with Crippen molar-refractivity contribution >= 4 is 23.2 Å². The predicted octanol–water partition coefficient (Wildman–Crippen LogP) is 2.74. The van der Waals surface area contributed by atoms with Gasteiger partial charge in [0.15, 0.2) is 0 Å². The molecule has 4 heteroatoms. The molecule has 1 aromatic rings. The Balaban J connectivity index is 3.08. The molecule has 0 N–H and O–H groups in total. The minimum atomic E-state index is -0.188. The SMILES string of the molecule is Cc1cc(Cl)nc([C@@H](C)Cl)n1. The average Bonchev–Trinajstić information content (AvgIpc) is 1.85. The van der Waals surface area contributed by atoms with Gasteiger partial charge in [-0.15, -0.1) is 11.6 Å². The molecule has 0 saturated heterocycles. The summed E-state index contributed by atoms with van der Waals surface area (Å²) in [4.78, 5) is 8.06. The Labute approximate surface area is 75.6 Å². The lowest BCUT2D eigenvalue weighted by Gasteiger charge is -2.02. The molecule has 0 spiro atoms. The van der Waals surface area contributed by atoms with E-state index in [-0.39, 0.29) is 5.38 Å². The van der Waals surface area contributed by atoms with Gasteiger partial charge in [0.1, 0.15) is 11.0 Å². The summed E-state index contributed by atoms with van der Waals surface area (Å²) < 4.78 is 0. The van der Waals surface area contributed by atoms with Crippen LogP contribution < -0.4 is 0 Å². The van der Waals surface area contributed by atoms with E-state index in [9.17, 15) is 0 Å². The first-order valence-corrected chi connectivity index (χ1v) is 4.06. The number of rotatable bonds is 1. The third-order valence-electron chi connectivity index (χ3n) is 1.20. The summed E-state index contributed by atoms with van der Waals surface area (Å²) in [7, 11) is 0. The fraction of sp³-hybridized carbons (Fsp3) is 0.429. The molecule has 1 heterocycles. The van der Waals surface area contributed by atoms with Crippen molar-refractivity contribution in [3.8, 4) is 0 Å². The number of halogens is 2. The van der Waals surface area contributed by atoms with Gasteiger partial charge >= 0.3 is 0 Å². The molecule has 0 aliphatic carbocycles. The minimum Gasteiger partial charge on any atom is -0.237 e. The largest absolute Gasteiger partial charge is 0.237 e. The van der Waals surface area contributed by atoms with E-state index in [0.29, 0.717) is 11.0 Å². The van der Waals surface area contributed by atoms with Crippen LogP contribution in [0.3, 0.4) is 0 Å². The zero-order valence-electron chi connectivity index (χ0n) is 6.31. The number of hydrogen-bond donors (Lipinski definition) is 0. The van der Waals surface area contributed by atoms with Gasteiger partial charge in [-0.2, -0.15) is 0 Å². The third kappa shape index (κ3) is 2.31. The van der Waals surface area contributed by atoms with Crippen LogP contribution in [0.15, 0.2) is 6.07 Å². The van der Waals surface area contributed by atoms with Crippen LogP contribution in [-0.2, 0) is 0 Å². The Morgan fingerprint density at radius 3 is 2.55 bits per heavy atom. The summed E-state index contributed by atoms with van der Waals surface area (Å²) in [6.07, 6.45) is 0. The van der Waals surface area contributed by atoms with E-state index in [1.165, 1.54) is 0 Å². The van der Waals surface area contributed by atoms with Crippen molar-refractivity contribution in [2.24, 2.45) is 0 Å². The molecular formula is C7H8Cl2N2. The second-order valence-electron chi connectivity index (χ2n) is 2.31. The van der Waals surface area contributed by atoms with Gasteiger partial charge in [0.2, 0.25) is 0 Å². The van der Waals surface area contributed by atoms with Crippen LogP contribution in [0.2, 0.25) is 5.15 Å². The lowest BCUT2D eigenvalue weighted by atomic mass is 10.4. The summed E-state index contributed by atoms with van der Waals surface area (Å²) in [6.45, 7) is 3.67. The van der Waals surface area contributed by atoms with Gasteiger partial charge in [-0.3, -0.25) is 0 Å². The number of aryl methyl sites for hydroxylation is 1. The summed E-state index contributed by atoms with van der Waals surface area (Å²) >= 11 is 11.4. The maximum Gasteiger partial charge on any atom is 0.147 e. The van der Waals surface area contributed by atoms with Crippen LogP contribution >= 0.6 is 23.2 Å². The van der Waals surface area contributed by atoms with E-state index in [1.807, 2.05) is 13.8 Å². The van der Waals surface area contributed by atoms with Crippen molar-refractivity contribution in [2.45, 2.75) is 19.2 Å². The van der Waals surface area contributed by atoms with E-state index in [0.717, 1.165) is 5.69 Å². The highest BCUT2D eigenvalue weighted by Gasteiger charge is 2.05. The Hall–Kier alpha value is -0.340. The van der Waals surface area contributed by atoms with E-state index >= 15 is 0 Å². The molecule has 11 heavy (non-hydrogen) atoms. The van der Waals surface area contributed by atoms with Crippen molar-refractivity contribution in [1.82, 2.24) is 9.97 Å². The van der Waals surface area contributed by atoms with Gasteiger partial charge in [0.05, 0.1) is 5.38 Å². The van der Waals surface area contributed by atoms with Crippen molar-refractivity contribution in [1.29, 1.82) is 0 Å². The number of aromatic nitrogens is 2. The fourth-order valence-corrected chi connectivity index (χ4v) is 1.07. The number of hydrogen-bond acceptors (Lipinski definition) is 2. The quantitative estimate of drug-likeness (QED) is 0.503.